The molecule has 3 rings (SSSR count). The molecule has 0 N–H and O–H groups in total. The number of sulfonamides is 2. The molecular weight excluding hydrogens is 646 g/mol. The first kappa shape index (κ1) is 24.9. The van der Waals surface area contributed by atoms with Gasteiger partial charge in [0.25, 0.3) is 20.0 Å². The minimum Gasteiger partial charge on any atom is -0.201 e. The normalized spacial score (nSPS) is 12.5. The zero-order valence-corrected chi connectivity index (χ0v) is 22.7. The molecule has 0 aliphatic carbocycles. The lowest BCUT2D eigenvalue weighted by Crippen LogP contribution is -2.34. The number of hydrogen-bond donors (Lipinski definition) is 0. The van der Waals surface area contributed by atoms with Crippen LogP contribution in [0.1, 0.15) is 11.1 Å². The molecule has 0 aliphatic rings. The van der Waals surface area contributed by atoms with Gasteiger partial charge in [-0.25, -0.2) is 16.8 Å². The summed E-state index contributed by atoms with van der Waals surface area (Å²) in [6, 6.07) is 20.0. The van der Waals surface area contributed by atoms with Crippen molar-refractivity contribution in [3.63, 3.8) is 0 Å². The van der Waals surface area contributed by atoms with Crippen LogP contribution in [0.2, 0.25) is 0 Å². The van der Waals surface area contributed by atoms with Gasteiger partial charge in [-0.1, -0.05) is 78.1 Å². The topological polar surface area (TPSA) is 71.5 Å². The third kappa shape index (κ3) is 6.64. The molecule has 0 radical (unpaired) electrons. The van der Waals surface area contributed by atoms with Crippen molar-refractivity contribution in [2.24, 2.45) is 0 Å². The predicted molar refractivity (Wildman–Crippen MR) is 141 cm³/mol. The molecule has 0 amide bonds. The molecule has 0 bridgehead atoms. The van der Waals surface area contributed by atoms with E-state index in [9.17, 15) is 16.8 Å². The van der Waals surface area contributed by atoms with Crippen molar-refractivity contribution in [2.45, 2.75) is 0 Å². The van der Waals surface area contributed by atoms with Crippen LogP contribution in [0.4, 0.5) is 5.69 Å². The highest BCUT2D eigenvalue weighted by molar-refractivity contribution is 9.11. The monoisotopic (exact) mass is 659 g/mol. The SMILES string of the molecule is O=S(=O)(/C=C\c1cccc(Br)c1)N(c1cccc(Br)c1)S(=O)(=O)/C=C\c1cccc(Br)c1. The molecule has 3 aromatic carbocycles. The molecule has 0 spiro atoms. The summed E-state index contributed by atoms with van der Waals surface area (Å²) < 4.78 is 55.3. The zero-order valence-electron chi connectivity index (χ0n) is 16.3. The molecule has 0 unspecified atom stereocenters. The lowest BCUT2D eigenvalue weighted by molar-refractivity contribution is 0.594. The molecule has 3 aromatic rings. The van der Waals surface area contributed by atoms with E-state index in [4.69, 9.17) is 0 Å². The Kier molecular flexibility index (Phi) is 8.16. The minimum atomic E-state index is -4.41. The van der Waals surface area contributed by atoms with Gasteiger partial charge in [0.05, 0.1) is 16.5 Å². The van der Waals surface area contributed by atoms with Gasteiger partial charge >= 0.3 is 0 Å². The highest BCUT2D eigenvalue weighted by atomic mass is 79.9. The van der Waals surface area contributed by atoms with Crippen LogP contribution in [-0.2, 0) is 20.0 Å². The number of halogens is 3. The van der Waals surface area contributed by atoms with Gasteiger partial charge in [-0.3, -0.25) is 0 Å². The molecule has 0 aromatic heterocycles. The van der Waals surface area contributed by atoms with E-state index in [1.165, 1.54) is 24.3 Å². The van der Waals surface area contributed by atoms with Crippen LogP contribution in [0.15, 0.2) is 97.0 Å². The fourth-order valence-electron chi connectivity index (χ4n) is 2.69. The summed E-state index contributed by atoms with van der Waals surface area (Å²) in [6.07, 6.45) is 2.69. The van der Waals surface area contributed by atoms with E-state index in [0.29, 0.717) is 19.3 Å². The molecule has 0 saturated carbocycles. The third-order valence-corrected chi connectivity index (χ3v) is 9.08. The molecular formula is C22H16Br3NO4S2. The van der Waals surface area contributed by atoms with E-state index in [1.807, 2.05) is 0 Å². The maximum atomic E-state index is 13.2. The molecule has 0 atom stereocenters. The zero-order chi connectivity index (χ0) is 23.4. The Labute approximate surface area is 213 Å². The second-order valence-electron chi connectivity index (χ2n) is 6.48. The maximum Gasteiger partial charge on any atom is 0.270 e. The van der Waals surface area contributed by atoms with Crippen LogP contribution < -0.4 is 3.71 Å². The van der Waals surface area contributed by atoms with Crippen LogP contribution in [-0.4, -0.2) is 16.8 Å². The maximum absolute atomic E-state index is 13.2. The smallest absolute Gasteiger partial charge is 0.201 e. The van der Waals surface area contributed by atoms with Crippen molar-refractivity contribution in [1.29, 1.82) is 0 Å². The lowest BCUT2D eigenvalue weighted by Gasteiger charge is -2.21. The van der Waals surface area contributed by atoms with Crippen LogP contribution >= 0.6 is 47.8 Å². The molecule has 5 nitrogen and oxygen atoms in total. The van der Waals surface area contributed by atoms with E-state index < -0.39 is 20.0 Å². The van der Waals surface area contributed by atoms with Crippen LogP contribution in [0.3, 0.4) is 0 Å². The Morgan fingerprint density at radius 1 is 0.594 bits per heavy atom. The Balaban J connectivity index is 2.07. The summed E-state index contributed by atoms with van der Waals surface area (Å²) in [7, 11) is -8.81. The first-order valence-electron chi connectivity index (χ1n) is 9.00. The average Bonchev–Trinajstić information content (AvgIpc) is 2.71. The summed E-state index contributed by atoms with van der Waals surface area (Å²) in [4.78, 5) is 0. The molecule has 166 valence electrons. The van der Waals surface area contributed by atoms with Gasteiger partial charge in [0.15, 0.2) is 0 Å². The minimum absolute atomic E-state index is 0.0165. The fourth-order valence-corrected chi connectivity index (χ4v) is 7.06. The number of anilines is 1. The Hall–Kier alpha value is -1.72. The van der Waals surface area contributed by atoms with Gasteiger partial charge in [-0.15, -0.1) is 0 Å². The standard InChI is InChI=1S/C22H16Br3NO4S2/c23-19-6-1-4-17(14-19)10-12-31(27,28)26(22-9-3-8-21(25)16-22)32(29,30)13-11-18-5-2-7-20(24)15-18/h1-16H/b12-10-,13-11-. The summed E-state index contributed by atoms with van der Waals surface area (Å²) in [6.45, 7) is 0. The Bertz CT molecular complexity index is 1320. The van der Waals surface area contributed by atoms with Crippen molar-refractivity contribution in [1.82, 2.24) is 0 Å². The largest absolute Gasteiger partial charge is 0.270 e. The van der Waals surface area contributed by atoms with Crippen molar-refractivity contribution < 1.29 is 16.8 Å². The van der Waals surface area contributed by atoms with E-state index in [0.717, 1.165) is 19.8 Å². The quantitative estimate of drug-likeness (QED) is 0.280. The van der Waals surface area contributed by atoms with E-state index >= 15 is 0 Å². The van der Waals surface area contributed by atoms with Gasteiger partial charge in [-0.2, -0.15) is 3.71 Å². The first-order chi connectivity index (χ1) is 15.1. The third-order valence-electron chi connectivity index (χ3n) is 4.04. The summed E-state index contributed by atoms with van der Waals surface area (Å²) in [5.41, 5.74) is 1.18. The molecule has 0 heterocycles. The van der Waals surface area contributed by atoms with Crippen molar-refractivity contribution >= 4 is 85.7 Å². The van der Waals surface area contributed by atoms with Crippen LogP contribution in [0.5, 0.6) is 0 Å². The van der Waals surface area contributed by atoms with Gasteiger partial charge < -0.3 is 0 Å². The van der Waals surface area contributed by atoms with Gasteiger partial charge in [-0.05, 0) is 65.7 Å². The number of rotatable bonds is 7. The van der Waals surface area contributed by atoms with E-state index in [-0.39, 0.29) is 5.69 Å². The summed E-state index contributed by atoms with van der Waals surface area (Å²) in [5.74, 6) is 0. The predicted octanol–water partition coefficient (Wildman–Crippen LogP) is 6.78. The van der Waals surface area contributed by atoms with Gasteiger partial charge in [0, 0.05) is 13.4 Å². The molecule has 0 aliphatic heterocycles. The Morgan fingerprint density at radius 3 is 1.41 bits per heavy atom. The van der Waals surface area contributed by atoms with Gasteiger partial charge in [0.2, 0.25) is 0 Å². The lowest BCUT2D eigenvalue weighted by atomic mass is 10.2. The highest BCUT2D eigenvalue weighted by Gasteiger charge is 2.31. The second kappa shape index (κ2) is 10.5. The van der Waals surface area contributed by atoms with Crippen LogP contribution in [0.25, 0.3) is 12.2 Å². The molecule has 0 saturated heterocycles. The average molecular weight is 662 g/mol. The van der Waals surface area contributed by atoms with E-state index in [2.05, 4.69) is 47.8 Å². The first-order valence-corrected chi connectivity index (χ1v) is 14.4. The number of nitrogens with zero attached hydrogens (tertiary/aromatic N) is 1. The van der Waals surface area contributed by atoms with Crippen molar-refractivity contribution in [3.8, 4) is 0 Å². The Morgan fingerprint density at radius 2 is 1.00 bits per heavy atom. The second-order valence-corrected chi connectivity index (χ2v) is 12.8. The molecule has 32 heavy (non-hydrogen) atoms. The summed E-state index contributed by atoms with van der Waals surface area (Å²) >= 11 is 9.93. The van der Waals surface area contributed by atoms with Crippen molar-refractivity contribution in [3.05, 3.63) is 108 Å². The van der Waals surface area contributed by atoms with Crippen molar-refractivity contribution in [2.75, 3.05) is 3.71 Å². The number of hydrogen-bond acceptors (Lipinski definition) is 4. The van der Waals surface area contributed by atoms with Crippen LogP contribution in [0, 0.1) is 0 Å². The fraction of sp³-hybridized carbons (Fsp3) is 0. The highest BCUT2D eigenvalue weighted by Crippen LogP contribution is 2.28. The molecule has 0 fully saturated rings. The van der Waals surface area contributed by atoms with Gasteiger partial charge in [0.1, 0.15) is 0 Å². The molecule has 10 heteroatoms. The summed E-state index contributed by atoms with van der Waals surface area (Å²) in [5, 5.41) is 1.75. The number of benzene rings is 3. The van der Waals surface area contributed by atoms with E-state index in [1.54, 1.807) is 60.7 Å².